The van der Waals surface area contributed by atoms with Gasteiger partial charge in [-0.15, -0.1) is 0 Å². The molecule has 214 valence electrons. The highest BCUT2D eigenvalue weighted by Gasteiger charge is 2.44. The molecule has 1 saturated heterocycles. The van der Waals surface area contributed by atoms with E-state index in [9.17, 15) is 9.59 Å². The molecule has 4 heterocycles. The first-order chi connectivity index (χ1) is 18.6. The predicted molar refractivity (Wildman–Crippen MR) is 149 cm³/mol. The number of carbonyl (C=O) groups is 2. The van der Waals surface area contributed by atoms with Gasteiger partial charge in [0.05, 0.1) is 11.9 Å². The number of ether oxygens (including phenoxy) is 1. The van der Waals surface area contributed by atoms with Crippen LogP contribution in [0.25, 0.3) is 0 Å². The molecule has 11 nitrogen and oxygen atoms in total. The Bertz CT molecular complexity index is 1080. The Morgan fingerprint density at radius 2 is 1.77 bits per heavy atom. The lowest BCUT2D eigenvalue weighted by Gasteiger charge is -2.41. The van der Waals surface area contributed by atoms with Crippen LogP contribution in [-0.4, -0.2) is 90.2 Å². The van der Waals surface area contributed by atoms with Crippen LogP contribution in [0.1, 0.15) is 53.4 Å². The number of rotatable bonds is 5. The van der Waals surface area contributed by atoms with Gasteiger partial charge < -0.3 is 35.4 Å². The largest absolute Gasteiger partial charge is 0.444 e. The van der Waals surface area contributed by atoms with Gasteiger partial charge in [-0.05, 0) is 58.3 Å². The highest BCUT2D eigenvalue weighted by atomic mass is 16.6. The maximum Gasteiger partial charge on any atom is 0.410 e. The SMILES string of the molecule is CNC(=O)C1=C(C)C2=CNC(NC3C=CC(N4CCN(C(=O)OC(C)(C)C)CC4)=CN3)NC2N1C1CCCC1. The molecule has 11 heteroatoms. The predicted octanol–water partition coefficient (Wildman–Crippen LogP) is 1.42. The minimum atomic E-state index is -0.484. The van der Waals surface area contributed by atoms with Gasteiger partial charge in [0.2, 0.25) is 0 Å². The molecule has 0 bridgehead atoms. The molecule has 0 aromatic heterocycles. The van der Waals surface area contributed by atoms with E-state index < -0.39 is 5.60 Å². The number of likely N-dealkylation sites (N-methyl/N-ethyl adjacent to an activating group) is 1. The van der Waals surface area contributed by atoms with Gasteiger partial charge >= 0.3 is 6.09 Å². The number of nitrogens with one attached hydrogen (secondary N) is 5. The fourth-order valence-electron chi connectivity index (χ4n) is 6.06. The van der Waals surface area contributed by atoms with Gasteiger partial charge in [0, 0.05) is 57.2 Å². The van der Waals surface area contributed by atoms with Gasteiger partial charge in [-0.2, -0.15) is 0 Å². The molecule has 1 saturated carbocycles. The topological polar surface area (TPSA) is 113 Å². The van der Waals surface area contributed by atoms with E-state index >= 15 is 0 Å². The van der Waals surface area contributed by atoms with E-state index in [0.717, 1.165) is 48.5 Å². The number of dihydropyridines is 1. The maximum atomic E-state index is 12.8. The summed E-state index contributed by atoms with van der Waals surface area (Å²) < 4.78 is 5.51. The molecular formula is C28H44N8O3. The number of hydrogen-bond donors (Lipinski definition) is 5. The van der Waals surface area contributed by atoms with Crippen molar-refractivity contribution in [3.63, 3.8) is 0 Å². The standard InChI is InChI=1S/C28H44N8O3/c1-18-21-17-31-26(33-24(21)36(19-8-6-7-9-19)23(18)25(37)29-5)32-22-11-10-20(16-30-22)34-12-14-35(15-13-34)27(38)39-28(2,3)4/h10-11,16-17,19,22,24,26,30-33H,6-9,12-15H2,1-5H3,(H,29,37). The molecule has 1 aliphatic carbocycles. The van der Waals surface area contributed by atoms with Gasteiger partial charge in [-0.25, -0.2) is 4.79 Å². The number of hydrogen-bond acceptors (Lipinski definition) is 9. The van der Waals surface area contributed by atoms with Crippen LogP contribution in [0.3, 0.4) is 0 Å². The third-order valence-corrected chi connectivity index (χ3v) is 8.02. The first-order valence-electron chi connectivity index (χ1n) is 14.2. The number of piperazine rings is 1. The van der Waals surface area contributed by atoms with Crippen LogP contribution in [0.5, 0.6) is 0 Å². The maximum absolute atomic E-state index is 12.8. The summed E-state index contributed by atoms with van der Waals surface area (Å²) in [6.07, 6.45) is 12.4. The van der Waals surface area contributed by atoms with E-state index in [1.807, 2.05) is 40.1 Å². The Labute approximate surface area is 231 Å². The van der Waals surface area contributed by atoms with Gasteiger partial charge in [0.25, 0.3) is 5.91 Å². The lowest BCUT2D eigenvalue weighted by atomic mass is 10.1. The van der Waals surface area contributed by atoms with Crippen molar-refractivity contribution in [2.45, 2.75) is 83.6 Å². The summed E-state index contributed by atoms with van der Waals surface area (Å²) in [4.78, 5) is 31.6. The molecule has 4 aliphatic heterocycles. The molecule has 5 aliphatic rings. The van der Waals surface area contributed by atoms with Crippen LogP contribution in [-0.2, 0) is 9.53 Å². The zero-order valence-electron chi connectivity index (χ0n) is 23.8. The van der Waals surface area contributed by atoms with Crippen molar-refractivity contribution in [1.29, 1.82) is 0 Å². The first kappa shape index (κ1) is 27.4. The number of amides is 2. The van der Waals surface area contributed by atoms with Gasteiger partial charge in [-0.1, -0.05) is 12.8 Å². The highest BCUT2D eigenvalue weighted by molar-refractivity contribution is 5.95. The number of carbonyl (C=O) groups excluding carboxylic acids is 2. The molecule has 0 radical (unpaired) electrons. The molecule has 2 fully saturated rings. The van der Waals surface area contributed by atoms with Gasteiger partial charge in [0.15, 0.2) is 0 Å². The van der Waals surface area contributed by atoms with Crippen molar-refractivity contribution in [2.75, 3.05) is 33.2 Å². The molecular weight excluding hydrogens is 496 g/mol. The normalized spacial score (nSPS) is 27.5. The van der Waals surface area contributed by atoms with Crippen LogP contribution < -0.4 is 26.6 Å². The van der Waals surface area contributed by atoms with Crippen molar-refractivity contribution >= 4 is 12.0 Å². The summed E-state index contributed by atoms with van der Waals surface area (Å²) >= 11 is 0. The quantitative estimate of drug-likeness (QED) is 0.353. The minimum Gasteiger partial charge on any atom is -0.444 e. The number of fused-ring (bicyclic) bond motifs is 1. The van der Waals surface area contributed by atoms with Crippen molar-refractivity contribution in [2.24, 2.45) is 0 Å². The van der Waals surface area contributed by atoms with Crippen LogP contribution in [0.2, 0.25) is 0 Å². The van der Waals surface area contributed by atoms with Gasteiger partial charge in [0.1, 0.15) is 23.8 Å². The second-order valence-corrected chi connectivity index (χ2v) is 11.9. The Balaban J connectivity index is 1.15. The Morgan fingerprint density at radius 3 is 2.38 bits per heavy atom. The van der Waals surface area contributed by atoms with Crippen molar-refractivity contribution < 1.29 is 14.3 Å². The summed E-state index contributed by atoms with van der Waals surface area (Å²) in [6.45, 7) is 10.5. The average molecular weight is 541 g/mol. The average Bonchev–Trinajstić information content (AvgIpc) is 3.54. The molecule has 5 rings (SSSR count). The second kappa shape index (κ2) is 11.1. The number of allylic oxidation sites excluding steroid dienone is 1. The molecule has 3 atom stereocenters. The van der Waals surface area contributed by atoms with Crippen LogP contribution in [0.15, 0.2) is 47.1 Å². The lowest BCUT2D eigenvalue weighted by Crippen LogP contribution is -2.65. The summed E-state index contributed by atoms with van der Waals surface area (Å²) in [5.74, 6) is -0.0255. The van der Waals surface area contributed by atoms with Crippen LogP contribution in [0.4, 0.5) is 4.79 Å². The van der Waals surface area contributed by atoms with E-state index in [4.69, 9.17) is 4.74 Å². The van der Waals surface area contributed by atoms with Crippen molar-refractivity contribution in [3.8, 4) is 0 Å². The molecule has 2 amide bonds. The lowest BCUT2D eigenvalue weighted by molar-refractivity contribution is -0.119. The molecule has 3 unspecified atom stereocenters. The third kappa shape index (κ3) is 5.89. The number of nitrogens with zero attached hydrogens (tertiary/aromatic N) is 3. The Kier molecular flexibility index (Phi) is 7.82. The first-order valence-corrected chi connectivity index (χ1v) is 14.2. The van der Waals surface area contributed by atoms with Crippen molar-refractivity contribution in [3.05, 3.63) is 47.1 Å². The zero-order valence-corrected chi connectivity index (χ0v) is 23.8. The molecule has 39 heavy (non-hydrogen) atoms. The zero-order chi connectivity index (χ0) is 27.7. The van der Waals surface area contributed by atoms with E-state index in [2.05, 4.69) is 48.5 Å². The minimum absolute atomic E-state index is 0.0255. The second-order valence-electron chi connectivity index (χ2n) is 11.9. The Hall–Kier alpha value is -3.18. The van der Waals surface area contributed by atoms with Gasteiger partial charge in [-0.3, -0.25) is 15.4 Å². The monoisotopic (exact) mass is 540 g/mol. The Morgan fingerprint density at radius 1 is 1.05 bits per heavy atom. The fourth-order valence-corrected chi connectivity index (χ4v) is 6.06. The van der Waals surface area contributed by atoms with E-state index in [-0.39, 0.29) is 30.6 Å². The summed E-state index contributed by atoms with van der Waals surface area (Å²) in [6, 6.07) is 0.364. The van der Waals surface area contributed by atoms with Crippen molar-refractivity contribution in [1.82, 2.24) is 41.3 Å². The summed E-state index contributed by atoms with van der Waals surface area (Å²) in [7, 11) is 1.70. The summed E-state index contributed by atoms with van der Waals surface area (Å²) in [5.41, 5.74) is 3.55. The van der Waals surface area contributed by atoms with E-state index in [1.165, 1.54) is 12.8 Å². The third-order valence-electron chi connectivity index (χ3n) is 8.02. The smallest absolute Gasteiger partial charge is 0.410 e. The van der Waals surface area contributed by atoms with Crippen LogP contribution >= 0.6 is 0 Å². The summed E-state index contributed by atoms with van der Waals surface area (Å²) in [5, 5.41) is 17.0. The highest BCUT2D eigenvalue weighted by Crippen LogP contribution is 2.39. The molecule has 0 spiro atoms. The molecule has 5 N–H and O–H groups in total. The fraction of sp³-hybridized carbons (Fsp3) is 0.643. The molecule has 0 aromatic rings. The van der Waals surface area contributed by atoms with E-state index in [1.54, 1.807) is 11.9 Å². The van der Waals surface area contributed by atoms with Crippen LogP contribution in [0, 0.1) is 0 Å². The van der Waals surface area contributed by atoms with E-state index in [0.29, 0.717) is 19.1 Å². The molecule has 0 aromatic carbocycles.